The maximum atomic E-state index is 12.8. The molecule has 136 valence electrons. The van der Waals surface area contributed by atoms with Crippen LogP contribution < -0.4 is 5.32 Å². The van der Waals surface area contributed by atoms with Crippen molar-refractivity contribution in [2.45, 2.75) is 11.4 Å². The second-order valence-electron chi connectivity index (χ2n) is 5.12. The van der Waals surface area contributed by atoms with Crippen LogP contribution in [-0.2, 0) is 16.1 Å². The summed E-state index contributed by atoms with van der Waals surface area (Å²) in [4.78, 5) is 34.5. The fourth-order valence-corrected chi connectivity index (χ4v) is 2.57. The Bertz CT molecular complexity index is 826. The van der Waals surface area contributed by atoms with Gasteiger partial charge in [-0.1, -0.05) is 12.1 Å². The maximum Gasteiger partial charge on any atom is 0.338 e. The molecule has 1 amide bonds. The van der Waals surface area contributed by atoms with E-state index < -0.39 is 23.4 Å². The van der Waals surface area contributed by atoms with Gasteiger partial charge in [0.25, 0.3) is 11.6 Å². The number of amides is 1. The lowest BCUT2D eigenvalue weighted by atomic mass is 10.2. The molecule has 0 spiro atoms. The van der Waals surface area contributed by atoms with E-state index in [1.165, 1.54) is 48.2 Å². The normalized spacial score (nSPS) is 10.2. The smallest absolute Gasteiger partial charge is 0.338 e. The Morgan fingerprint density at radius 3 is 2.54 bits per heavy atom. The van der Waals surface area contributed by atoms with E-state index >= 15 is 0 Å². The van der Waals surface area contributed by atoms with Crippen molar-refractivity contribution >= 4 is 29.3 Å². The largest absolute Gasteiger partial charge is 0.452 e. The molecule has 0 aromatic heterocycles. The van der Waals surface area contributed by atoms with Crippen LogP contribution in [0.2, 0.25) is 0 Å². The summed E-state index contributed by atoms with van der Waals surface area (Å²) in [5.74, 6) is -1.76. The Hall–Kier alpha value is -2.94. The van der Waals surface area contributed by atoms with Crippen LogP contribution in [0.4, 0.5) is 10.1 Å². The molecule has 7 nitrogen and oxygen atoms in total. The lowest BCUT2D eigenvalue weighted by molar-refractivity contribution is -0.387. The topological polar surface area (TPSA) is 98.5 Å². The monoisotopic (exact) mass is 378 g/mol. The van der Waals surface area contributed by atoms with Gasteiger partial charge in [-0.25, -0.2) is 9.18 Å². The number of hydrogen-bond acceptors (Lipinski definition) is 6. The minimum Gasteiger partial charge on any atom is -0.452 e. The highest BCUT2D eigenvalue weighted by molar-refractivity contribution is 7.98. The van der Waals surface area contributed by atoms with Gasteiger partial charge in [-0.05, 0) is 36.1 Å². The van der Waals surface area contributed by atoms with Crippen LogP contribution in [0.25, 0.3) is 0 Å². The van der Waals surface area contributed by atoms with E-state index in [1.54, 1.807) is 6.26 Å². The predicted octanol–water partition coefficient (Wildman–Crippen LogP) is 2.93. The van der Waals surface area contributed by atoms with Gasteiger partial charge in [0, 0.05) is 12.6 Å². The van der Waals surface area contributed by atoms with Gasteiger partial charge in [0.2, 0.25) is 0 Å². The SMILES string of the molecule is CSc1ccc(C(=O)OCC(=O)NCc2ccc(F)cc2)cc1[N+](=O)[O-]. The van der Waals surface area contributed by atoms with E-state index in [4.69, 9.17) is 4.74 Å². The van der Waals surface area contributed by atoms with Crippen molar-refractivity contribution in [3.63, 3.8) is 0 Å². The molecule has 2 aromatic rings. The van der Waals surface area contributed by atoms with E-state index in [2.05, 4.69) is 5.32 Å². The molecule has 0 saturated carbocycles. The minimum atomic E-state index is -0.835. The molecule has 0 aliphatic carbocycles. The molecule has 0 bridgehead atoms. The highest BCUT2D eigenvalue weighted by Crippen LogP contribution is 2.28. The lowest BCUT2D eigenvalue weighted by Crippen LogP contribution is -2.28. The predicted molar refractivity (Wildman–Crippen MR) is 93.4 cm³/mol. The van der Waals surface area contributed by atoms with Crippen molar-refractivity contribution in [3.05, 3.63) is 69.5 Å². The fourth-order valence-electron chi connectivity index (χ4n) is 2.03. The van der Waals surface area contributed by atoms with Gasteiger partial charge >= 0.3 is 5.97 Å². The Morgan fingerprint density at radius 2 is 1.92 bits per heavy atom. The van der Waals surface area contributed by atoms with Crippen LogP contribution in [-0.4, -0.2) is 29.7 Å². The molecule has 0 aliphatic heterocycles. The molecule has 0 aliphatic rings. The summed E-state index contributed by atoms with van der Waals surface area (Å²) in [7, 11) is 0. The van der Waals surface area contributed by atoms with Gasteiger partial charge in [0.1, 0.15) is 5.82 Å². The summed E-state index contributed by atoms with van der Waals surface area (Å²) in [5, 5.41) is 13.5. The highest BCUT2D eigenvalue weighted by atomic mass is 32.2. The summed E-state index contributed by atoms with van der Waals surface area (Å²) in [6.07, 6.45) is 1.69. The second kappa shape index (κ2) is 8.95. The Morgan fingerprint density at radius 1 is 1.23 bits per heavy atom. The number of thioether (sulfide) groups is 1. The number of benzene rings is 2. The number of nitrogens with zero attached hydrogens (tertiary/aromatic N) is 1. The molecule has 9 heteroatoms. The van der Waals surface area contributed by atoms with Crippen LogP contribution in [0.15, 0.2) is 47.4 Å². The zero-order valence-electron chi connectivity index (χ0n) is 13.7. The Kier molecular flexibility index (Phi) is 6.67. The van der Waals surface area contributed by atoms with Crippen LogP contribution in [0.5, 0.6) is 0 Å². The molecule has 0 heterocycles. The number of nitro groups is 1. The van der Waals surface area contributed by atoms with Crippen LogP contribution >= 0.6 is 11.8 Å². The minimum absolute atomic E-state index is 0.0131. The number of hydrogen-bond donors (Lipinski definition) is 1. The zero-order chi connectivity index (χ0) is 19.1. The molecule has 1 N–H and O–H groups in total. The standard InChI is InChI=1S/C17H15FN2O5S/c1-26-15-7-4-12(8-14(15)20(23)24)17(22)25-10-16(21)19-9-11-2-5-13(18)6-3-11/h2-8H,9-10H2,1H3,(H,19,21). The Labute approximate surface area is 152 Å². The van der Waals surface area contributed by atoms with Crippen LogP contribution in [0, 0.1) is 15.9 Å². The molecule has 0 unspecified atom stereocenters. The summed E-state index contributed by atoms with van der Waals surface area (Å²) in [5.41, 5.74) is 0.475. The number of ether oxygens (including phenoxy) is 1. The number of carbonyl (C=O) groups is 2. The van der Waals surface area contributed by atoms with E-state index in [1.807, 2.05) is 0 Å². The van der Waals surface area contributed by atoms with Crippen molar-refractivity contribution < 1.29 is 23.6 Å². The van der Waals surface area contributed by atoms with E-state index in [0.717, 1.165) is 6.07 Å². The van der Waals surface area contributed by atoms with Crippen molar-refractivity contribution in [3.8, 4) is 0 Å². The van der Waals surface area contributed by atoms with Gasteiger partial charge in [0.05, 0.1) is 15.4 Å². The van der Waals surface area contributed by atoms with Crippen LogP contribution in [0.1, 0.15) is 15.9 Å². The van der Waals surface area contributed by atoms with Crippen molar-refractivity contribution in [1.29, 1.82) is 0 Å². The average molecular weight is 378 g/mol. The number of nitrogens with one attached hydrogen (secondary N) is 1. The van der Waals surface area contributed by atoms with Crippen molar-refractivity contribution in [1.82, 2.24) is 5.32 Å². The Balaban J connectivity index is 1.89. The first-order chi connectivity index (χ1) is 12.4. The zero-order valence-corrected chi connectivity index (χ0v) is 14.5. The van der Waals surface area contributed by atoms with Crippen molar-refractivity contribution in [2.24, 2.45) is 0 Å². The molecule has 2 rings (SSSR count). The first kappa shape index (κ1) is 19.4. The lowest BCUT2D eigenvalue weighted by Gasteiger charge is -2.07. The van der Waals surface area contributed by atoms with Gasteiger partial charge in [0.15, 0.2) is 6.61 Å². The first-order valence-electron chi connectivity index (χ1n) is 7.41. The third-order valence-corrected chi connectivity index (χ3v) is 4.13. The quantitative estimate of drug-likeness (QED) is 0.344. The maximum absolute atomic E-state index is 12.8. The molecular weight excluding hydrogens is 363 g/mol. The summed E-state index contributed by atoms with van der Waals surface area (Å²) >= 11 is 1.19. The van der Waals surface area contributed by atoms with Gasteiger partial charge in [-0.3, -0.25) is 14.9 Å². The van der Waals surface area contributed by atoms with Gasteiger partial charge in [-0.15, -0.1) is 11.8 Å². The van der Waals surface area contributed by atoms with E-state index in [9.17, 15) is 24.1 Å². The molecule has 0 radical (unpaired) electrons. The van der Waals surface area contributed by atoms with Crippen LogP contribution in [0.3, 0.4) is 0 Å². The highest BCUT2D eigenvalue weighted by Gasteiger charge is 2.18. The molecule has 0 atom stereocenters. The molecular formula is C17H15FN2O5S. The number of carbonyl (C=O) groups excluding carboxylic acids is 2. The molecule has 0 saturated heterocycles. The molecule has 2 aromatic carbocycles. The second-order valence-corrected chi connectivity index (χ2v) is 5.97. The number of halogens is 1. The van der Waals surface area contributed by atoms with Gasteiger partial charge in [-0.2, -0.15) is 0 Å². The average Bonchev–Trinajstić information content (AvgIpc) is 2.65. The summed E-state index contributed by atoms with van der Waals surface area (Å²) < 4.78 is 17.7. The third-order valence-electron chi connectivity index (χ3n) is 3.35. The van der Waals surface area contributed by atoms with Crippen molar-refractivity contribution in [2.75, 3.05) is 12.9 Å². The number of rotatable bonds is 7. The molecule has 26 heavy (non-hydrogen) atoms. The first-order valence-corrected chi connectivity index (χ1v) is 8.64. The fraction of sp³-hybridized carbons (Fsp3) is 0.176. The number of esters is 1. The third kappa shape index (κ3) is 5.28. The summed E-state index contributed by atoms with van der Waals surface area (Å²) in [6, 6.07) is 9.55. The van der Waals surface area contributed by atoms with Gasteiger partial charge < -0.3 is 10.1 Å². The van der Waals surface area contributed by atoms with E-state index in [-0.39, 0.29) is 23.6 Å². The van der Waals surface area contributed by atoms with E-state index in [0.29, 0.717) is 10.5 Å². The number of nitro benzene ring substituents is 1. The molecule has 0 fully saturated rings. The summed E-state index contributed by atoms with van der Waals surface area (Å²) in [6.45, 7) is -0.372.